The molecule has 0 bridgehead atoms. The highest BCUT2D eigenvalue weighted by Gasteiger charge is 2.20. The van der Waals surface area contributed by atoms with E-state index in [1.807, 2.05) is 48.7 Å². The van der Waals surface area contributed by atoms with Gasteiger partial charge >= 0.3 is 0 Å². The van der Waals surface area contributed by atoms with Crippen LogP contribution in [-0.2, 0) is 6.54 Å². The van der Waals surface area contributed by atoms with Crippen LogP contribution >= 0.6 is 27.7 Å². The number of allylic oxidation sites excluding steroid dienone is 1. The highest BCUT2D eigenvalue weighted by Crippen LogP contribution is 2.22. The van der Waals surface area contributed by atoms with Crippen LogP contribution in [0.1, 0.15) is 45.1 Å². The molecule has 3 aromatic rings. The summed E-state index contributed by atoms with van der Waals surface area (Å²) in [4.78, 5) is 25.1. The van der Waals surface area contributed by atoms with Gasteiger partial charge in [0.05, 0.1) is 11.8 Å². The Morgan fingerprint density at radius 3 is 2.61 bits per heavy atom. The summed E-state index contributed by atoms with van der Waals surface area (Å²) < 4.78 is 2.79. The van der Waals surface area contributed by atoms with Gasteiger partial charge in [-0.3, -0.25) is 9.59 Å². The number of carbonyl (C=O) groups excluding carboxylic acids is 2. The molecule has 1 amide bonds. The zero-order valence-electron chi connectivity index (χ0n) is 17.3. The van der Waals surface area contributed by atoms with Gasteiger partial charge in [0, 0.05) is 22.1 Å². The molecule has 1 heterocycles. The van der Waals surface area contributed by atoms with Gasteiger partial charge in [0.25, 0.3) is 5.91 Å². The van der Waals surface area contributed by atoms with Gasteiger partial charge < -0.3 is 9.88 Å². The summed E-state index contributed by atoms with van der Waals surface area (Å²) in [5.74, 6) is 0.678. The number of halogens is 1. The van der Waals surface area contributed by atoms with Gasteiger partial charge in [0.15, 0.2) is 16.8 Å². The van der Waals surface area contributed by atoms with Crippen LogP contribution < -0.4 is 5.32 Å². The quantitative estimate of drug-likeness (QED) is 0.255. The number of ketones is 1. The maximum absolute atomic E-state index is 12.6. The largest absolute Gasteiger partial charge is 0.342 e. The lowest BCUT2D eigenvalue weighted by atomic mass is 10.1. The first-order valence-electron chi connectivity index (χ1n) is 9.72. The molecule has 0 radical (unpaired) electrons. The van der Waals surface area contributed by atoms with Crippen molar-refractivity contribution in [3.63, 3.8) is 0 Å². The van der Waals surface area contributed by atoms with Crippen molar-refractivity contribution in [1.82, 2.24) is 20.1 Å². The molecular formula is C23H23BrN4O2S. The minimum absolute atomic E-state index is 0.00741. The number of rotatable bonds is 9. The average molecular weight is 499 g/mol. The zero-order valence-corrected chi connectivity index (χ0v) is 19.7. The molecule has 31 heavy (non-hydrogen) atoms. The maximum atomic E-state index is 12.6. The number of nitrogens with zero attached hydrogens (tertiary/aromatic N) is 3. The molecule has 1 N–H and O–H groups in total. The number of hydrogen-bond donors (Lipinski definition) is 1. The maximum Gasteiger partial charge on any atom is 0.251 e. The van der Waals surface area contributed by atoms with Crippen LogP contribution in [0.25, 0.3) is 0 Å². The molecule has 8 heteroatoms. The van der Waals surface area contributed by atoms with Crippen molar-refractivity contribution in [3.8, 4) is 0 Å². The highest BCUT2D eigenvalue weighted by molar-refractivity contribution is 9.10. The van der Waals surface area contributed by atoms with Crippen LogP contribution in [-0.4, -0.2) is 32.2 Å². The topological polar surface area (TPSA) is 76.9 Å². The summed E-state index contributed by atoms with van der Waals surface area (Å²) in [6.07, 6.45) is 1.74. The molecular weight excluding hydrogens is 476 g/mol. The van der Waals surface area contributed by atoms with Crippen molar-refractivity contribution in [3.05, 3.63) is 88.2 Å². The van der Waals surface area contributed by atoms with E-state index in [1.165, 1.54) is 11.8 Å². The van der Waals surface area contributed by atoms with Crippen LogP contribution in [0.5, 0.6) is 0 Å². The number of carbonyl (C=O) groups is 2. The minimum Gasteiger partial charge on any atom is -0.342 e. The monoisotopic (exact) mass is 498 g/mol. The van der Waals surface area contributed by atoms with Crippen molar-refractivity contribution in [2.45, 2.75) is 31.6 Å². The van der Waals surface area contributed by atoms with Crippen molar-refractivity contribution in [2.75, 3.05) is 5.75 Å². The third kappa shape index (κ3) is 5.92. The number of nitrogens with one attached hydrogen (secondary N) is 1. The molecule has 1 atom stereocenters. The van der Waals surface area contributed by atoms with Crippen LogP contribution in [0.4, 0.5) is 0 Å². The van der Waals surface area contributed by atoms with Gasteiger partial charge in [-0.2, -0.15) is 0 Å². The molecule has 6 nitrogen and oxygen atoms in total. The van der Waals surface area contributed by atoms with E-state index in [-0.39, 0.29) is 23.5 Å². The summed E-state index contributed by atoms with van der Waals surface area (Å²) >= 11 is 4.69. The molecule has 1 aromatic heterocycles. The SMILES string of the molecule is C=CCn1c(SCC(=O)c2ccc(Br)cc2)nnc1[C@H](C)NC(=O)c1cccc(C)c1. The van der Waals surface area contributed by atoms with E-state index in [2.05, 4.69) is 38.0 Å². The summed E-state index contributed by atoms with van der Waals surface area (Å²) in [5, 5.41) is 12.1. The van der Waals surface area contributed by atoms with Crippen LogP contribution in [0.3, 0.4) is 0 Å². The van der Waals surface area contributed by atoms with Crippen LogP contribution in [0, 0.1) is 6.92 Å². The number of aryl methyl sites for hydroxylation is 1. The summed E-state index contributed by atoms with van der Waals surface area (Å²) in [6, 6.07) is 14.3. The number of Topliss-reactive ketones (excluding diaryl/α,β-unsaturated/α-hetero) is 1. The Bertz CT molecular complexity index is 1100. The predicted octanol–water partition coefficient (Wildman–Crippen LogP) is 5.00. The normalized spacial score (nSPS) is 11.7. The second-order valence-corrected chi connectivity index (χ2v) is 8.88. The predicted molar refractivity (Wildman–Crippen MR) is 126 cm³/mol. The minimum atomic E-state index is -0.364. The third-order valence-electron chi connectivity index (χ3n) is 4.57. The van der Waals surface area contributed by atoms with E-state index < -0.39 is 0 Å². The highest BCUT2D eigenvalue weighted by atomic mass is 79.9. The molecule has 0 aliphatic carbocycles. The Balaban J connectivity index is 1.71. The van der Waals surface area contributed by atoms with E-state index in [0.29, 0.717) is 28.7 Å². The lowest BCUT2D eigenvalue weighted by Crippen LogP contribution is -2.28. The molecule has 3 rings (SSSR count). The summed E-state index contributed by atoms with van der Waals surface area (Å²) in [7, 11) is 0. The molecule has 160 valence electrons. The van der Waals surface area contributed by atoms with Gasteiger partial charge in [-0.15, -0.1) is 16.8 Å². The summed E-state index contributed by atoms with van der Waals surface area (Å²) in [5.41, 5.74) is 2.25. The first-order chi connectivity index (χ1) is 14.9. The molecule has 0 spiro atoms. The number of benzene rings is 2. The number of amides is 1. The van der Waals surface area contributed by atoms with Crippen molar-refractivity contribution < 1.29 is 9.59 Å². The molecule has 0 aliphatic rings. The van der Waals surface area contributed by atoms with E-state index in [9.17, 15) is 9.59 Å². The fraction of sp³-hybridized carbons (Fsp3) is 0.217. The average Bonchev–Trinajstić information content (AvgIpc) is 3.15. The standard InChI is InChI=1S/C23H23BrN4O2S/c1-4-12-28-21(16(3)25-22(30)18-7-5-6-15(2)13-18)26-27-23(28)31-14-20(29)17-8-10-19(24)11-9-17/h4-11,13,16H,1,12,14H2,2-3H3,(H,25,30)/t16-/m0/s1. The summed E-state index contributed by atoms with van der Waals surface area (Å²) in [6.45, 7) is 8.08. The van der Waals surface area contributed by atoms with Crippen molar-refractivity contribution in [1.29, 1.82) is 0 Å². The Kier molecular flexibility index (Phi) is 7.81. The molecule has 0 aliphatic heterocycles. The van der Waals surface area contributed by atoms with Gasteiger partial charge in [-0.25, -0.2) is 0 Å². The Hall–Kier alpha value is -2.71. The smallest absolute Gasteiger partial charge is 0.251 e. The second-order valence-electron chi connectivity index (χ2n) is 7.02. The lowest BCUT2D eigenvalue weighted by molar-refractivity contribution is 0.0936. The first-order valence-corrected chi connectivity index (χ1v) is 11.5. The van der Waals surface area contributed by atoms with Crippen molar-refractivity contribution in [2.24, 2.45) is 0 Å². The third-order valence-corrected chi connectivity index (χ3v) is 6.07. The number of thioether (sulfide) groups is 1. The second kappa shape index (κ2) is 10.5. The number of aromatic nitrogens is 3. The molecule has 0 saturated heterocycles. The van der Waals surface area contributed by atoms with Crippen LogP contribution in [0.2, 0.25) is 0 Å². The zero-order chi connectivity index (χ0) is 22.4. The Morgan fingerprint density at radius 1 is 1.19 bits per heavy atom. The molecule has 0 fully saturated rings. The molecule has 2 aromatic carbocycles. The van der Waals surface area contributed by atoms with Gasteiger partial charge in [-0.1, -0.05) is 63.6 Å². The number of hydrogen-bond acceptors (Lipinski definition) is 5. The van der Waals surface area contributed by atoms with E-state index in [4.69, 9.17) is 0 Å². The molecule has 0 unspecified atom stereocenters. The van der Waals surface area contributed by atoms with Crippen LogP contribution in [0.15, 0.2) is 70.8 Å². The fourth-order valence-corrected chi connectivity index (χ4v) is 4.12. The van der Waals surface area contributed by atoms with E-state index in [1.54, 1.807) is 24.3 Å². The Labute approximate surface area is 194 Å². The van der Waals surface area contributed by atoms with Gasteiger partial charge in [0.2, 0.25) is 0 Å². The van der Waals surface area contributed by atoms with E-state index in [0.717, 1.165) is 10.0 Å². The van der Waals surface area contributed by atoms with Gasteiger partial charge in [-0.05, 0) is 38.1 Å². The fourth-order valence-electron chi connectivity index (χ4n) is 3.01. The Morgan fingerprint density at radius 2 is 1.94 bits per heavy atom. The molecule has 0 saturated carbocycles. The van der Waals surface area contributed by atoms with Crippen molar-refractivity contribution >= 4 is 39.4 Å². The first kappa shape index (κ1) is 23.0. The lowest BCUT2D eigenvalue weighted by Gasteiger charge is -2.15. The van der Waals surface area contributed by atoms with E-state index >= 15 is 0 Å². The van der Waals surface area contributed by atoms with Gasteiger partial charge in [0.1, 0.15) is 0 Å².